The van der Waals surface area contributed by atoms with Gasteiger partial charge in [-0.3, -0.25) is 0 Å². The molecule has 3 aromatic rings. The summed E-state index contributed by atoms with van der Waals surface area (Å²) in [6.07, 6.45) is 2.03. The van der Waals surface area contributed by atoms with Crippen LogP contribution in [-0.2, 0) is 4.74 Å². The number of hydrogen-bond acceptors (Lipinski definition) is 3. The van der Waals surface area contributed by atoms with Crippen molar-refractivity contribution < 1.29 is 14.3 Å². The minimum atomic E-state index is -0.327. The zero-order valence-electron chi connectivity index (χ0n) is 15.5. The van der Waals surface area contributed by atoms with E-state index in [2.05, 4.69) is 23.6 Å². The van der Waals surface area contributed by atoms with Crippen molar-refractivity contribution >= 4 is 5.97 Å². The summed E-state index contributed by atoms with van der Waals surface area (Å²) in [5.74, 6) is 0.453. The Bertz CT molecular complexity index is 895. The Balaban J connectivity index is 2.13. The third-order valence-electron chi connectivity index (χ3n) is 4.78. The molecule has 0 bridgehead atoms. The molecule has 3 rings (SSSR count). The van der Waals surface area contributed by atoms with Gasteiger partial charge in [0.15, 0.2) is 0 Å². The molecule has 0 amide bonds. The number of benzene rings is 2. The summed E-state index contributed by atoms with van der Waals surface area (Å²) in [4.78, 5) is 12.5. The molecule has 0 aliphatic carbocycles. The highest BCUT2D eigenvalue weighted by Gasteiger charge is 2.23. The van der Waals surface area contributed by atoms with E-state index >= 15 is 0 Å². The van der Waals surface area contributed by atoms with Crippen molar-refractivity contribution in [2.75, 3.05) is 14.2 Å². The fraction of sp³-hybridized carbons (Fsp3) is 0.227. The highest BCUT2D eigenvalue weighted by molar-refractivity contribution is 5.98. The average Bonchev–Trinajstić information content (AvgIpc) is 3.04. The van der Waals surface area contributed by atoms with Gasteiger partial charge in [0.1, 0.15) is 5.75 Å². The lowest BCUT2D eigenvalue weighted by Crippen LogP contribution is -2.10. The Morgan fingerprint density at radius 1 is 1.00 bits per heavy atom. The molecule has 0 radical (unpaired) electrons. The molecule has 4 heteroatoms. The van der Waals surface area contributed by atoms with Gasteiger partial charge in [-0.25, -0.2) is 4.79 Å². The molecule has 26 heavy (non-hydrogen) atoms. The largest absolute Gasteiger partial charge is 0.497 e. The Labute approximate surface area is 154 Å². The number of ether oxygens (including phenoxy) is 2. The van der Waals surface area contributed by atoms with Crippen molar-refractivity contribution in [3.63, 3.8) is 0 Å². The van der Waals surface area contributed by atoms with Crippen LogP contribution in [0, 0.1) is 6.92 Å². The number of nitrogens with zero attached hydrogens (tertiary/aromatic N) is 1. The number of aromatic nitrogens is 1. The molecule has 0 aliphatic rings. The molecular weight excluding hydrogens is 326 g/mol. The summed E-state index contributed by atoms with van der Waals surface area (Å²) in [5, 5.41) is 0. The predicted octanol–water partition coefficient (Wildman–Crippen LogP) is 4.87. The molecule has 0 saturated heterocycles. The van der Waals surface area contributed by atoms with Gasteiger partial charge in [0.2, 0.25) is 0 Å². The zero-order chi connectivity index (χ0) is 18.7. The second-order valence-corrected chi connectivity index (χ2v) is 6.22. The molecule has 2 aromatic carbocycles. The molecular formula is C22H23NO3. The van der Waals surface area contributed by atoms with Gasteiger partial charge < -0.3 is 14.0 Å². The van der Waals surface area contributed by atoms with Gasteiger partial charge in [-0.05, 0) is 37.1 Å². The van der Waals surface area contributed by atoms with E-state index in [1.165, 1.54) is 12.7 Å². The highest BCUT2D eigenvalue weighted by Crippen LogP contribution is 2.33. The first-order chi connectivity index (χ1) is 12.6. The van der Waals surface area contributed by atoms with Crippen LogP contribution in [0.5, 0.6) is 5.75 Å². The molecule has 0 aliphatic heterocycles. The van der Waals surface area contributed by atoms with E-state index in [1.54, 1.807) is 7.11 Å². The minimum Gasteiger partial charge on any atom is -0.497 e. The molecule has 1 atom stereocenters. The van der Waals surface area contributed by atoms with Crippen molar-refractivity contribution in [1.82, 2.24) is 4.57 Å². The first-order valence-electron chi connectivity index (χ1n) is 8.56. The molecule has 0 saturated carbocycles. The van der Waals surface area contributed by atoms with Crippen LogP contribution >= 0.6 is 0 Å². The molecule has 0 spiro atoms. The van der Waals surface area contributed by atoms with E-state index in [0.29, 0.717) is 5.56 Å². The molecule has 134 valence electrons. The van der Waals surface area contributed by atoms with Gasteiger partial charge in [0, 0.05) is 17.5 Å². The number of esters is 1. The SMILES string of the molecule is COC(=O)c1c(-c2ccc(OC)cc2)cn([C@H](C)c2ccccc2)c1C. The third kappa shape index (κ3) is 3.23. The summed E-state index contributed by atoms with van der Waals surface area (Å²) in [5.41, 5.74) is 4.48. The maximum absolute atomic E-state index is 12.5. The van der Waals surface area contributed by atoms with Crippen molar-refractivity contribution in [2.24, 2.45) is 0 Å². The van der Waals surface area contributed by atoms with Gasteiger partial charge in [0.25, 0.3) is 0 Å². The first-order valence-corrected chi connectivity index (χ1v) is 8.56. The summed E-state index contributed by atoms with van der Waals surface area (Å²) in [6.45, 7) is 4.08. The summed E-state index contributed by atoms with van der Waals surface area (Å²) in [7, 11) is 3.05. The van der Waals surface area contributed by atoms with Crippen LogP contribution in [0.1, 0.15) is 34.6 Å². The Morgan fingerprint density at radius 3 is 2.23 bits per heavy atom. The van der Waals surface area contributed by atoms with E-state index in [0.717, 1.165) is 22.6 Å². The molecule has 0 unspecified atom stereocenters. The minimum absolute atomic E-state index is 0.103. The number of methoxy groups -OCH3 is 2. The predicted molar refractivity (Wildman–Crippen MR) is 103 cm³/mol. The summed E-state index contributed by atoms with van der Waals surface area (Å²) >= 11 is 0. The van der Waals surface area contributed by atoms with Gasteiger partial charge in [0.05, 0.1) is 25.8 Å². The third-order valence-corrected chi connectivity index (χ3v) is 4.78. The van der Waals surface area contributed by atoms with Crippen molar-refractivity contribution in [3.8, 4) is 16.9 Å². The van der Waals surface area contributed by atoms with E-state index in [1.807, 2.05) is 55.6 Å². The van der Waals surface area contributed by atoms with Crippen LogP contribution in [0.3, 0.4) is 0 Å². The number of rotatable bonds is 5. The smallest absolute Gasteiger partial charge is 0.340 e. The van der Waals surface area contributed by atoms with E-state index < -0.39 is 0 Å². The quantitative estimate of drug-likeness (QED) is 0.617. The highest BCUT2D eigenvalue weighted by atomic mass is 16.5. The number of carbonyl (C=O) groups is 1. The molecule has 0 N–H and O–H groups in total. The monoisotopic (exact) mass is 349 g/mol. The van der Waals surface area contributed by atoms with Crippen LogP contribution in [0.2, 0.25) is 0 Å². The van der Waals surface area contributed by atoms with Gasteiger partial charge in [-0.15, -0.1) is 0 Å². The second-order valence-electron chi connectivity index (χ2n) is 6.22. The standard InChI is InChI=1S/C22H23NO3/c1-15(17-8-6-5-7-9-17)23-14-20(21(16(23)2)22(24)26-4)18-10-12-19(25-3)13-11-18/h5-15H,1-4H3/t15-/m1/s1. The molecule has 4 nitrogen and oxygen atoms in total. The fourth-order valence-corrected chi connectivity index (χ4v) is 3.27. The normalized spacial score (nSPS) is 11.8. The van der Waals surface area contributed by atoms with Gasteiger partial charge in [-0.2, -0.15) is 0 Å². The van der Waals surface area contributed by atoms with Crippen LogP contribution in [0.4, 0.5) is 0 Å². The van der Waals surface area contributed by atoms with Crippen molar-refractivity contribution in [1.29, 1.82) is 0 Å². The Morgan fingerprint density at radius 2 is 1.65 bits per heavy atom. The van der Waals surface area contributed by atoms with Crippen molar-refractivity contribution in [2.45, 2.75) is 19.9 Å². The van der Waals surface area contributed by atoms with E-state index in [4.69, 9.17) is 9.47 Å². The summed E-state index contributed by atoms with van der Waals surface area (Å²) < 4.78 is 12.4. The first kappa shape index (κ1) is 17.8. The maximum atomic E-state index is 12.5. The van der Waals surface area contributed by atoms with Gasteiger partial charge in [-0.1, -0.05) is 42.5 Å². The lowest BCUT2D eigenvalue weighted by molar-refractivity contribution is 0.0600. The van der Waals surface area contributed by atoms with Crippen LogP contribution in [0.15, 0.2) is 60.8 Å². The maximum Gasteiger partial charge on any atom is 0.340 e. The number of hydrogen-bond donors (Lipinski definition) is 0. The van der Waals surface area contributed by atoms with Crippen LogP contribution in [-0.4, -0.2) is 24.8 Å². The molecule has 1 aromatic heterocycles. The van der Waals surface area contributed by atoms with E-state index in [9.17, 15) is 4.79 Å². The average molecular weight is 349 g/mol. The van der Waals surface area contributed by atoms with Crippen LogP contribution in [0.25, 0.3) is 11.1 Å². The molecule has 1 heterocycles. The Kier molecular flexibility index (Phi) is 5.12. The van der Waals surface area contributed by atoms with Crippen LogP contribution < -0.4 is 4.74 Å². The van der Waals surface area contributed by atoms with Gasteiger partial charge >= 0.3 is 5.97 Å². The zero-order valence-corrected chi connectivity index (χ0v) is 15.5. The van der Waals surface area contributed by atoms with E-state index in [-0.39, 0.29) is 12.0 Å². The summed E-state index contributed by atoms with van der Waals surface area (Å²) in [6, 6.07) is 18.0. The molecule has 0 fully saturated rings. The number of carbonyl (C=O) groups excluding carboxylic acids is 1. The topological polar surface area (TPSA) is 40.5 Å². The van der Waals surface area contributed by atoms with Crippen molar-refractivity contribution in [3.05, 3.63) is 77.6 Å². The lowest BCUT2D eigenvalue weighted by atomic mass is 10.0. The lowest BCUT2D eigenvalue weighted by Gasteiger charge is -2.16. The fourth-order valence-electron chi connectivity index (χ4n) is 3.27. The second kappa shape index (κ2) is 7.48. The Hall–Kier alpha value is -3.01.